The predicted octanol–water partition coefficient (Wildman–Crippen LogP) is 12.0. The van der Waals surface area contributed by atoms with Gasteiger partial charge in [-0.3, -0.25) is 4.84 Å². The second-order valence-electron chi connectivity index (χ2n) is 25.0. The lowest BCUT2D eigenvalue weighted by molar-refractivity contribution is -0.963. The van der Waals surface area contributed by atoms with Gasteiger partial charge in [-0.2, -0.15) is 9.59 Å². The second kappa shape index (κ2) is 20.3. The number of benzene rings is 3. The van der Waals surface area contributed by atoms with Crippen molar-refractivity contribution >= 4 is 36.0 Å². The Morgan fingerprint density at radius 2 is 0.662 bits per heavy atom. The Balaban J connectivity index is 1.71. The number of urea groups is 3. The molecule has 0 saturated carbocycles. The Labute approximate surface area is 420 Å². The zero-order valence-corrected chi connectivity index (χ0v) is 45.8. The van der Waals surface area contributed by atoms with Gasteiger partial charge in [-0.1, -0.05) is 161 Å². The molecule has 3 aromatic carbocycles. The molecule has 0 spiro atoms. The average molecular weight is 987 g/mol. The summed E-state index contributed by atoms with van der Waals surface area (Å²) in [6, 6.07) is 6.02. The van der Waals surface area contributed by atoms with Crippen LogP contribution < -0.4 is 0 Å². The van der Waals surface area contributed by atoms with E-state index in [0.29, 0.717) is 50.1 Å². The fraction of sp³-hybridized carbons (Fsp3) is 0.571. The smallest absolute Gasteiger partial charge is 0.507 e. The summed E-state index contributed by atoms with van der Waals surface area (Å²) in [5.74, 6) is -2.78. The van der Waals surface area contributed by atoms with Crippen LogP contribution in [0.15, 0.2) is 36.4 Å². The third-order valence-electron chi connectivity index (χ3n) is 12.6. The highest BCUT2D eigenvalue weighted by Gasteiger charge is 2.66. The van der Waals surface area contributed by atoms with Gasteiger partial charge in [0, 0.05) is 4.65 Å². The van der Waals surface area contributed by atoms with Crippen LogP contribution >= 0.6 is 0 Å². The maximum atomic E-state index is 14.5. The van der Waals surface area contributed by atoms with Crippen LogP contribution in [0.2, 0.25) is 0 Å². The molecule has 4 rings (SSSR count). The Hall–Kier alpha value is -5.96. The molecule has 1 aliphatic heterocycles. The number of hydrogen-bond acceptors (Lipinski definition) is 12. The molecule has 0 atom stereocenters. The van der Waals surface area contributed by atoms with Gasteiger partial charge in [-0.25, -0.2) is 19.2 Å². The number of quaternary nitrogens is 1. The number of amides is 6. The summed E-state index contributed by atoms with van der Waals surface area (Å²) in [5, 5.41) is 33.7. The molecule has 3 N–H and O–H groups in total. The van der Waals surface area contributed by atoms with Crippen molar-refractivity contribution in [1.29, 1.82) is 0 Å². The molecule has 15 nitrogen and oxygen atoms in total. The van der Waals surface area contributed by atoms with Crippen LogP contribution in [0.3, 0.4) is 0 Å². The number of nitrogens with zero attached hydrogens (tertiary/aromatic N) is 3. The predicted molar refractivity (Wildman–Crippen MR) is 270 cm³/mol. The van der Waals surface area contributed by atoms with E-state index in [9.17, 15) is 44.1 Å². The van der Waals surface area contributed by atoms with Crippen LogP contribution in [-0.4, -0.2) is 72.6 Å². The van der Waals surface area contributed by atoms with Gasteiger partial charge in [0.05, 0.1) is 19.3 Å². The monoisotopic (exact) mass is 987 g/mol. The van der Waals surface area contributed by atoms with Crippen molar-refractivity contribution in [3.63, 3.8) is 0 Å². The minimum absolute atomic E-state index is 0.0256. The Kier molecular flexibility index (Phi) is 16.5. The highest BCUT2D eigenvalue weighted by Crippen LogP contribution is 2.43. The summed E-state index contributed by atoms with van der Waals surface area (Å²) in [4.78, 5) is 101. The quantitative estimate of drug-likeness (QED) is 0.137. The van der Waals surface area contributed by atoms with Crippen molar-refractivity contribution in [2.75, 3.05) is 6.54 Å². The van der Waals surface area contributed by atoms with E-state index < -0.39 is 79.7 Å². The van der Waals surface area contributed by atoms with E-state index >= 15 is 0 Å². The lowest BCUT2D eigenvalue weighted by Gasteiger charge is -2.37. The molecule has 0 aromatic heterocycles. The Bertz CT molecular complexity index is 2340. The number of imide groups is 3. The number of carbonyl (C=O) groups excluding carboxylic acids is 6. The number of aryl methyl sites for hydroxylation is 3. The van der Waals surface area contributed by atoms with E-state index in [1.54, 1.807) is 36.4 Å². The summed E-state index contributed by atoms with van der Waals surface area (Å²) in [5.41, 5.74) is 3.12. The summed E-state index contributed by atoms with van der Waals surface area (Å²) in [6.07, 6.45) is -0.964. The molecule has 71 heavy (non-hydrogen) atoms. The first-order chi connectivity index (χ1) is 32.1. The molecule has 1 saturated heterocycles. The molecular weight excluding hydrogens is 907 g/mol. The topological polar surface area (TPSA) is 197 Å². The zero-order valence-electron chi connectivity index (χ0n) is 45.8. The third kappa shape index (κ3) is 13.1. The van der Waals surface area contributed by atoms with Crippen molar-refractivity contribution in [3.05, 3.63) is 86.5 Å². The standard InChI is InChI=1S/C56H79N3O12/c1-20-59(71-44(62)26-23-35-31-40(55(14,15)16)47(65)41(32-35)56(17,18)19)49(67)57(69-42(60)24-21-33-27-36(51(2,3)4)45(63)37(28-33)52(5,6)7)48(66)58(50(59)68)70-43(61)25-22-34-29-38(53(8,9)10)46(64)39(30-34)54(11,12)13/h27-32H,20-26H2,1-19H3,(H2-,63,64,65)/p+1. The zero-order chi connectivity index (χ0) is 54.4. The van der Waals surface area contributed by atoms with E-state index in [0.717, 1.165) is 0 Å². The molecule has 3 aromatic rings. The number of carbonyl (C=O) groups is 6. The first-order valence-electron chi connectivity index (χ1n) is 24.5. The summed E-state index contributed by atoms with van der Waals surface area (Å²) >= 11 is 0. The molecule has 1 fully saturated rings. The van der Waals surface area contributed by atoms with Crippen LogP contribution in [0.1, 0.15) is 201 Å². The largest absolute Gasteiger partial charge is 0.512 e. The first-order valence-corrected chi connectivity index (χ1v) is 24.5. The molecular formula is C56H80N3O12+. The van der Waals surface area contributed by atoms with Gasteiger partial charge in [-0.05, 0) is 119 Å². The summed E-state index contributed by atoms with van der Waals surface area (Å²) < 4.78 is -1.87. The number of aromatic hydroxyl groups is 3. The van der Waals surface area contributed by atoms with Gasteiger partial charge in [0.1, 0.15) is 23.8 Å². The third-order valence-corrected chi connectivity index (χ3v) is 12.6. The van der Waals surface area contributed by atoms with Gasteiger partial charge >= 0.3 is 36.0 Å². The van der Waals surface area contributed by atoms with Gasteiger partial charge in [-0.15, -0.1) is 0 Å². The Morgan fingerprint density at radius 3 is 0.873 bits per heavy atom. The molecule has 0 bridgehead atoms. The Morgan fingerprint density at radius 1 is 0.437 bits per heavy atom. The molecule has 15 heteroatoms. The molecule has 0 unspecified atom stereocenters. The minimum Gasteiger partial charge on any atom is -0.507 e. The number of rotatable bonds is 13. The van der Waals surface area contributed by atoms with Crippen LogP contribution in [0, 0.1) is 0 Å². The number of hydrogen-bond donors (Lipinski definition) is 3. The summed E-state index contributed by atoms with van der Waals surface area (Å²) in [6.45, 7) is 35.8. The van der Waals surface area contributed by atoms with E-state index in [1.807, 2.05) is 125 Å². The van der Waals surface area contributed by atoms with Crippen LogP contribution in [0.5, 0.6) is 17.2 Å². The van der Waals surface area contributed by atoms with Gasteiger partial charge in [0.15, 0.2) is 0 Å². The maximum Gasteiger partial charge on any atom is 0.512 e. The second-order valence-corrected chi connectivity index (χ2v) is 25.0. The first kappa shape index (κ1) is 57.6. The maximum absolute atomic E-state index is 14.5. The molecule has 1 aliphatic rings. The summed E-state index contributed by atoms with van der Waals surface area (Å²) in [7, 11) is 0. The molecule has 0 radical (unpaired) electrons. The van der Waals surface area contributed by atoms with Crippen molar-refractivity contribution in [2.24, 2.45) is 0 Å². The van der Waals surface area contributed by atoms with Crippen LogP contribution in [-0.2, 0) is 80.6 Å². The fourth-order valence-corrected chi connectivity index (χ4v) is 8.39. The van der Waals surface area contributed by atoms with Crippen molar-refractivity contribution < 1.29 is 63.2 Å². The normalized spacial score (nSPS) is 15.0. The van der Waals surface area contributed by atoms with E-state index in [4.69, 9.17) is 14.5 Å². The van der Waals surface area contributed by atoms with Gasteiger partial charge in [0.2, 0.25) is 0 Å². The lowest BCUT2D eigenvalue weighted by Crippen LogP contribution is -2.73. The number of phenolic OH excluding ortho intramolecular Hbond substituents is 3. The number of hydroxylamine groups is 7. The van der Waals surface area contributed by atoms with Gasteiger partial charge < -0.3 is 25.0 Å². The fourth-order valence-electron chi connectivity index (χ4n) is 8.39. The highest BCUT2D eigenvalue weighted by molar-refractivity contribution is 6.05. The van der Waals surface area contributed by atoms with Crippen molar-refractivity contribution in [1.82, 2.24) is 10.1 Å². The minimum atomic E-state index is -1.87. The van der Waals surface area contributed by atoms with Crippen molar-refractivity contribution in [3.8, 4) is 17.2 Å². The van der Waals surface area contributed by atoms with Crippen molar-refractivity contribution in [2.45, 2.75) is 203 Å². The average Bonchev–Trinajstić information content (AvgIpc) is 3.21. The molecule has 6 amide bonds. The highest BCUT2D eigenvalue weighted by atomic mass is 16.8. The van der Waals surface area contributed by atoms with E-state index in [-0.39, 0.29) is 65.9 Å². The van der Waals surface area contributed by atoms with E-state index in [1.165, 1.54) is 6.92 Å². The SMILES string of the molecule is CC[N+]1(OC(=O)CCc2cc(C(C)(C)C)c(O)c(C(C)(C)C)c2)C(=O)N(OC(=O)CCc2cc(C(C)(C)C)c(O)c(C(C)(C)C)c2)C(=O)N(OC(=O)CCc2cc(C(C)(C)C)c(O)c(C(C)(C)C)c2)C1=O. The van der Waals surface area contributed by atoms with Crippen LogP contribution in [0.4, 0.5) is 14.4 Å². The lowest BCUT2D eigenvalue weighted by atomic mass is 9.78. The van der Waals surface area contributed by atoms with Crippen LogP contribution in [0.25, 0.3) is 0 Å². The molecule has 0 aliphatic carbocycles. The van der Waals surface area contributed by atoms with Gasteiger partial charge in [0.25, 0.3) is 0 Å². The molecule has 390 valence electrons. The molecule has 1 heterocycles. The number of phenols is 3. The van der Waals surface area contributed by atoms with E-state index in [2.05, 4.69) is 0 Å².